The van der Waals surface area contributed by atoms with Crippen LogP contribution in [0, 0.1) is 0 Å². The van der Waals surface area contributed by atoms with Crippen molar-refractivity contribution in [3.63, 3.8) is 0 Å². The Morgan fingerprint density at radius 3 is 2.43 bits per heavy atom. The number of nitrogens with one attached hydrogen (secondary N) is 2. The van der Waals surface area contributed by atoms with Gasteiger partial charge in [-0.1, -0.05) is 49.2 Å². The zero-order chi connectivity index (χ0) is 24.9. The van der Waals surface area contributed by atoms with Crippen LogP contribution in [0.1, 0.15) is 71.9 Å². The third-order valence-electron chi connectivity index (χ3n) is 6.28. The van der Waals surface area contributed by atoms with E-state index in [1.807, 2.05) is 48.9 Å². The standard InChI is InChI=1S/C27H33N5O3/c1-17(2)30-26-23(25(28)33)24(31-32(26)20-8-4-5-9-20)19-14-12-18(13-15-19)16-29-27(34)21-10-6-7-11-22(21)35-3/h6-7,10-15,17,20,30H,4-5,8-9,16H2,1-3H3,(H2,28,33)(H,29,34). The molecule has 2 aromatic carbocycles. The van der Waals surface area contributed by atoms with Crippen molar-refractivity contribution in [1.29, 1.82) is 0 Å². The topological polar surface area (TPSA) is 111 Å². The quantitative estimate of drug-likeness (QED) is 0.421. The average molecular weight is 476 g/mol. The van der Waals surface area contributed by atoms with Gasteiger partial charge in [0, 0.05) is 18.2 Å². The Hall–Kier alpha value is -3.81. The molecule has 1 fully saturated rings. The Labute approximate surface area is 205 Å². The fraction of sp³-hybridized carbons (Fsp3) is 0.370. The van der Waals surface area contributed by atoms with Gasteiger partial charge in [-0.3, -0.25) is 9.59 Å². The predicted molar refractivity (Wildman–Crippen MR) is 137 cm³/mol. The molecule has 1 aliphatic carbocycles. The first kappa shape index (κ1) is 24.3. The molecule has 0 spiro atoms. The number of primary amides is 1. The number of amides is 2. The third-order valence-corrected chi connectivity index (χ3v) is 6.28. The van der Waals surface area contributed by atoms with Gasteiger partial charge in [0.05, 0.1) is 18.7 Å². The molecule has 0 atom stereocenters. The number of carbonyl (C=O) groups is 2. The lowest BCUT2D eigenvalue weighted by atomic mass is 10.0. The molecule has 0 radical (unpaired) electrons. The maximum absolute atomic E-state index is 12.6. The van der Waals surface area contributed by atoms with Gasteiger partial charge in [-0.25, -0.2) is 4.68 Å². The Morgan fingerprint density at radius 2 is 1.80 bits per heavy atom. The summed E-state index contributed by atoms with van der Waals surface area (Å²) in [6.45, 7) is 4.42. The van der Waals surface area contributed by atoms with Crippen molar-refractivity contribution >= 4 is 17.6 Å². The summed E-state index contributed by atoms with van der Waals surface area (Å²) in [7, 11) is 1.54. The smallest absolute Gasteiger partial charge is 0.255 e. The average Bonchev–Trinajstić information content (AvgIpc) is 3.50. The second-order valence-electron chi connectivity index (χ2n) is 9.20. The number of carbonyl (C=O) groups excluding carboxylic acids is 2. The Morgan fingerprint density at radius 1 is 1.11 bits per heavy atom. The number of benzene rings is 2. The lowest BCUT2D eigenvalue weighted by Crippen LogP contribution is -2.23. The molecule has 184 valence electrons. The van der Waals surface area contributed by atoms with Crippen molar-refractivity contribution < 1.29 is 14.3 Å². The minimum atomic E-state index is -0.499. The molecular formula is C27H33N5O3. The molecule has 4 N–H and O–H groups in total. The summed E-state index contributed by atoms with van der Waals surface area (Å²) in [6, 6.07) is 15.2. The van der Waals surface area contributed by atoms with Crippen LogP contribution in [0.25, 0.3) is 11.3 Å². The molecule has 3 aromatic rings. The SMILES string of the molecule is COc1ccccc1C(=O)NCc1ccc(-c2nn(C3CCCC3)c(NC(C)C)c2C(N)=O)cc1. The number of nitrogens with two attached hydrogens (primary N) is 1. The molecule has 8 nitrogen and oxygen atoms in total. The summed E-state index contributed by atoms with van der Waals surface area (Å²) < 4.78 is 7.24. The van der Waals surface area contributed by atoms with Gasteiger partial charge in [-0.15, -0.1) is 0 Å². The normalized spacial score (nSPS) is 13.7. The van der Waals surface area contributed by atoms with E-state index in [-0.39, 0.29) is 18.0 Å². The van der Waals surface area contributed by atoms with Gasteiger partial charge < -0.3 is 21.1 Å². The van der Waals surface area contributed by atoms with Gasteiger partial charge in [0.1, 0.15) is 22.8 Å². The van der Waals surface area contributed by atoms with Gasteiger partial charge in [-0.2, -0.15) is 5.10 Å². The van der Waals surface area contributed by atoms with Crippen LogP contribution in [-0.4, -0.2) is 34.7 Å². The summed E-state index contributed by atoms with van der Waals surface area (Å²) >= 11 is 0. The van der Waals surface area contributed by atoms with Crippen molar-refractivity contribution in [2.75, 3.05) is 12.4 Å². The van der Waals surface area contributed by atoms with E-state index in [9.17, 15) is 9.59 Å². The van der Waals surface area contributed by atoms with E-state index in [1.54, 1.807) is 25.3 Å². The van der Waals surface area contributed by atoms with Crippen LogP contribution >= 0.6 is 0 Å². The number of methoxy groups -OCH3 is 1. The Balaban J connectivity index is 1.57. The molecule has 4 rings (SSSR count). The zero-order valence-corrected chi connectivity index (χ0v) is 20.5. The van der Waals surface area contributed by atoms with Crippen LogP contribution in [0.3, 0.4) is 0 Å². The van der Waals surface area contributed by atoms with Gasteiger partial charge >= 0.3 is 0 Å². The van der Waals surface area contributed by atoms with E-state index >= 15 is 0 Å². The molecule has 2 amide bonds. The molecule has 0 unspecified atom stereocenters. The Bertz CT molecular complexity index is 1190. The number of hydrogen-bond donors (Lipinski definition) is 3. The van der Waals surface area contributed by atoms with Gasteiger partial charge in [0.25, 0.3) is 11.8 Å². The van der Waals surface area contributed by atoms with Crippen LogP contribution in [0.5, 0.6) is 5.75 Å². The Kier molecular flexibility index (Phi) is 7.39. The molecule has 1 aromatic heterocycles. The zero-order valence-electron chi connectivity index (χ0n) is 20.5. The molecular weight excluding hydrogens is 442 g/mol. The molecule has 1 aliphatic rings. The van der Waals surface area contributed by atoms with Crippen molar-refractivity contribution in [3.05, 3.63) is 65.2 Å². The summed E-state index contributed by atoms with van der Waals surface area (Å²) in [4.78, 5) is 25.1. The minimum Gasteiger partial charge on any atom is -0.496 e. The predicted octanol–water partition coefficient (Wildman–Crippen LogP) is 4.52. The van der Waals surface area contributed by atoms with Crippen LogP contribution in [0.4, 0.5) is 5.82 Å². The van der Waals surface area contributed by atoms with Crippen LogP contribution in [-0.2, 0) is 6.54 Å². The highest BCUT2D eigenvalue weighted by Crippen LogP contribution is 2.37. The maximum atomic E-state index is 12.6. The van der Waals surface area contributed by atoms with Gasteiger partial charge in [0.2, 0.25) is 0 Å². The van der Waals surface area contributed by atoms with E-state index in [1.165, 1.54) is 0 Å². The fourth-order valence-electron chi connectivity index (χ4n) is 4.58. The fourth-order valence-corrected chi connectivity index (χ4v) is 4.58. The molecule has 0 saturated heterocycles. The summed E-state index contributed by atoms with van der Waals surface area (Å²) in [5.41, 5.74) is 9.06. The van der Waals surface area contributed by atoms with E-state index < -0.39 is 5.91 Å². The molecule has 35 heavy (non-hydrogen) atoms. The van der Waals surface area contributed by atoms with E-state index in [4.69, 9.17) is 15.6 Å². The van der Waals surface area contributed by atoms with Crippen LogP contribution < -0.4 is 21.1 Å². The van der Waals surface area contributed by atoms with E-state index in [0.29, 0.717) is 34.9 Å². The molecule has 1 saturated carbocycles. The maximum Gasteiger partial charge on any atom is 0.255 e. The number of para-hydroxylation sites is 1. The van der Waals surface area contributed by atoms with Gasteiger partial charge in [0.15, 0.2) is 0 Å². The highest BCUT2D eigenvalue weighted by Gasteiger charge is 2.28. The highest BCUT2D eigenvalue weighted by atomic mass is 16.5. The second kappa shape index (κ2) is 10.6. The summed E-state index contributed by atoms with van der Waals surface area (Å²) in [6.07, 6.45) is 4.39. The number of anilines is 1. The molecule has 8 heteroatoms. The molecule has 1 heterocycles. The number of hydrogen-bond acceptors (Lipinski definition) is 5. The number of rotatable bonds is 9. The summed E-state index contributed by atoms with van der Waals surface area (Å²) in [5, 5.41) is 11.2. The number of nitrogens with zero attached hydrogens (tertiary/aromatic N) is 2. The minimum absolute atomic E-state index is 0.132. The van der Waals surface area contributed by atoms with E-state index in [2.05, 4.69) is 10.6 Å². The lowest BCUT2D eigenvalue weighted by Gasteiger charge is -2.18. The van der Waals surface area contributed by atoms with Gasteiger partial charge in [-0.05, 0) is 44.4 Å². The van der Waals surface area contributed by atoms with E-state index in [0.717, 1.165) is 36.8 Å². The van der Waals surface area contributed by atoms with Crippen LogP contribution in [0.2, 0.25) is 0 Å². The van der Waals surface area contributed by atoms with Crippen molar-refractivity contribution in [2.24, 2.45) is 5.73 Å². The molecule has 0 aliphatic heterocycles. The number of ether oxygens (including phenoxy) is 1. The van der Waals surface area contributed by atoms with Crippen molar-refractivity contribution in [2.45, 2.75) is 58.2 Å². The first-order chi connectivity index (χ1) is 16.9. The monoisotopic (exact) mass is 475 g/mol. The first-order valence-corrected chi connectivity index (χ1v) is 12.1. The third kappa shape index (κ3) is 5.31. The van der Waals surface area contributed by atoms with Crippen LogP contribution in [0.15, 0.2) is 48.5 Å². The van der Waals surface area contributed by atoms with Crippen molar-refractivity contribution in [1.82, 2.24) is 15.1 Å². The second-order valence-corrected chi connectivity index (χ2v) is 9.20. The first-order valence-electron chi connectivity index (χ1n) is 12.1. The lowest BCUT2D eigenvalue weighted by molar-refractivity contribution is 0.0946. The largest absolute Gasteiger partial charge is 0.496 e. The highest BCUT2D eigenvalue weighted by molar-refractivity contribution is 6.03. The summed E-state index contributed by atoms with van der Waals surface area (Å²) in [5.74, 6) is 0.522. The molecule has 0 bridgehead atoms. The van der Waals surface area contributed by atoms with Crippen molar-refractivity contribution in [3.8, 4) is 17.0 Å². The number of aromatic nitrogens is 2.